The Morgan fingerprint density at radius 3 is 2.32 bits per heavy atom. The number of alkyl halides is 3. The number of carbonyl (C=O) groups is 1. The van der Waals surface area contributed by atoms with Crippen molar-refractivity contribution in [1.29, 1.82) is 0 Å². The predicted molar refractivity (Wildman–Crippen MR) is 89.0 cm³/mol. The highest BCUT2D eigenvalue weighted by Gasteiger charge is 2.36. The third-order valence-electron chi connectivity index (χ3n) is 4.04. The summed E-state index contributed by atoms with van der Waals surface area (Å²) >= 11 is 0. The van der Waals surface area contributed by atoms with Gasteiger partial charge in [-0.1, -0.05) is 36.4 Å². The van der Waals surface area contributed by atoms with E-state index in [0.717, 1.165) is 28.3 Å². The Balaban J connectivity index is 2.29. The summed E-state index contributed by atoms with van der Waals surface area (Å²) in [5.74, 6) is -0.809. The number of halogens is 3. The second-order valence-electron chi connectivity index (χ2n) is 5.84. The van der Waals surface area contributed by atoms with Crippen LogP contribution in [0.15, 0.2) is 48.5 Å². The standard InChI is InChI=1S/C19H20F3NO2/c1-13-8-4-5-9-15(13)12-14(2)23(25-3)18(24)16-10-6-7-11-17(16)19(20,21)22/h4-11,14H,12H2,1-3H3/t14-/m1/s1. The van der Waals surface area contributed by atoms with Crippen molar-refractivity contribution in [3.8, 4) is 0 Å². The summed E-state index contributed by atoms with van der Waals surface area (Å²) in [7, 11) is 1.28. The summed E-state index contributed by atoms with van der Waals surface area (Å²) in [6, 6.07) is 11.9. The highest BCUT2D eigenvalue weighted by Crippen LogP contribution is 2.32. The third kappa shape index (κ3) is 4.39. The van der Waals surface area contributed by atoms with Gasteiger partial charge in [-0.25, -0.2) is 5.06 Å². The largest absolute Gasteiger partial charge is 0.417 e. The summed E-state index contributed by atoms with van der Waals surface area (Å²) in [4.78, 5) is 17.8. The highest BCUT2D eigenvalue weighted by atomic mass is 19.4. The van der Waals surface area contributed by atoms with Crippen LogP contribution in [0.25, 0.3) is 0 Å². The van der Waals surface area contributed by atoms with E-state index in [4.69, 9.17) is 4.84 Å². The molecule has 0 bridgehead atoms. The minimum Gasteiger partial charge on any atom is -0.274 e. The van der Waals surface area contributed by atoms with Gasteiger partial charge in [-0.3, -0.25) is 9.63 Å². The molecule has 0 radical (unpaired) electrons. The van der Waals surface area contributed by atoms with Crippen LogP contribution in [0.2, 0.25) is 0 Å². The first-order chi connectivity index (χ1) is 11.8. The third-order valence-corrected chi connectivity index (χ3v) is 4.04. The normalized spacial score (nSPS) is 12.7. The highest BCUT2D eigenvalue weighted by molar-refractivity contribution is 5.95. The quantitative estimate of drug-likeness (QED) is 0.734. The maximum atomic E-state index is 13.2. The van der Waals surface area contributed by atoms with E-state index in [1.807, 2.05) is 31.2 Å². The molecule has 2 aromatic carbocycles. The lowest BCUT2D eigenvalue weighted by Crippen LogP contribution is -2.40. The molecule has 0 unspecified atom stereocenters. The lowest BCUT2D eigenvalue weighted by Gasteiger charge is -2.28. The van der Waals surface area contributed by atoms with Gasteiger partial charge < -0.3 is 0 Å². The molecule has 0 spiro atoms. The zero-order chi connectivity index (χ0) is 18.6. The smallest absolute Gasteiger partial charge is 0.274 e. The Kier molecular flexibility index (Phi) is 5.85. The van der Waals surface area contributed by atoms with Crippen LogP contribution in [-0.2, 0) is 17.4 Å². The second kappa shape index (κ2) is 7.70. The maximum Gasteiger partial charge on any atom is 0.417 e. The van der Waals surface area contributed by atoms with E-state index in [-0.39, 0.29) is 0 Å². The number of hydrogen-bond acceptors (Lipinski definition) is 2. The molecule has 0 saturated heterocycles. The molecule has 2 rings (SSSR count). The fourth-order valence-corrected chi connectivity index (χ4v) is 2.74. The van der Waals surface area contributed by atoms with E-state index in [9.17, 15) is 18.0 Å². The van der Waals surface area contributed by atoms with Crippen LogP contribution in [0.1, 0.15) is 34.0 Å². The van der Waals surface area contributed by atoms with Crippen LogP contribution < -0.4 is 0 Å². The van der Waals surface area contributed by atoms with Crippen LogP contribution in [0.4, 0.5) is 13.2 Å². The van der Waals surface area contributed by atoms with Gasteiger partial charge in [0, 0.05) is 0 Å². The average molecular weight is 351 g/mol. The molecule has 25 heavy (non-hydrogen) atoms. The average Bonchev–Trinajstić information content (AvgIpc) is 2.56. The van der Waals surface area contributed by atoms with Crippen LogP contribution in [-0.4, -0.2) is 24.1 Å². The molecule has 6 heteroatoms. The van der Waals surface area contributed by atoms with Gasteiger partial charge in [0.1, 0.15) is 0 Å². The molecule has 0 fully saturated rings. The summed E-state index contributed by atoms with van der Waals surface area (Å²) in [5.41, 5.74) is 0.668. The van der Waals surface area contributed by atoms with Crippen LogP contribution in [0.5, 0.6) is 0 Å². The topological polar surface area (TPSA) is 29.5 Å². The summed E-state index contributed by atoms with van der Waals surface area (Å²) in [5, 5.41) is 0.997. The van der Waals surface area contributed by atoms with Crippen molar-refractivity contribution < 1.29 is 22.8 Å². The van der Waals surface area contributed by atoms with E-state index in [1.165, 1.54) is 19.2 Å². The van der Waals surface area contributed by atoms with Gasteiger partial charge in [0.25, 0.3) is 5.91 Å². The van der Waals surface area contributed by atoms with Crippen molar-refractivity contribution in [2.24, 2.45) is 0 Å². The van der Waals surface area contributed by atoms with Gasteiger partial charge in [0.2, 0.25) is 0 Å². The van der Waals surface area contributed by atoms with Gasteiger partial charge in [-0.2, -0.15) is 13.2 Å². The zero-order valence-corrected chi connectivity index (χ0v) is 14.3. The number of nitrogens with zero attached hydrogens (tertiary/aromatic N) is 1. The minimum atomic E-state index is -4.61. The summed E-state index contributed by atoms with van der Waals surface area (Å²) < 4.78 is 39.5. The van der Waals surface area contributed by atoms with Crippen LogP contribution >= 0.6 is 0 Å². The molecule has 1 atom stereocenters. The van der Waals surface area contributed by atoms with Gasteiger partial charge in [0.05, 0.1) is 24.3 Å². The number of amides is 1. The van der Waals surface area contributed by atoms with Crippen LogP contribution in [0.3, 0.4) is 0 Å². The summed E-state index contributed by atoms with van der Waals surface area (Å²) in [6.45, 7) is 3.68. The van der Waals surface area contributed by atoms with E-state index in [2.05, 4.69) is 0 Å². The molecule has 0 aliphatic carbocycles. The Hall–Kier alpha value is -2.34. The molecule has 2 aromatic rings. The minimum absolute atomic E-state index is 0.423. The SMILES string of the molecule is CON(C(=O)c1ccccc1C(F)(F)F)[C@H](C)Cc1ccccc1C. The Morgan fingerprint density at radius 1 is 1.12 bits per heavy atom. The molecule has 0 N–H and O–H groups in total. The number of benzene rings is 2. The van der Waals surface area contributed by atoms with E-state index in [0.29, 0.717) is 6.42 Å². The van der Waals surface area contributed by atoms with Gasteiger partial charge >= 0.3 is 6.18 Å². The number of carbonyl (C=O) groups excluding carboxylic acids is 1. The van der Waals surface area contributed by atoms with Crippen molar-refractivity contribution in [3.63, 3.8) is 0 Å². The van der Waals surface area contributed by atoms with Gasteiger partial charge in [-0.15, -0.1) is 0 Å². The van der Waals surface area contributed by atoms with E-state index in [1.54, 1.807) is 6.92 Å². The van der Waals surface area contributed by atoms with Gasteiger partial charge in [-0.05, 0) is 43.5 Å². The lowest BCUT2D eigenvalue weighted by atomic mass is 10.0. The van der Waals surface area contributed by atoms with Crippen molar-refractivity contribution in [2.45, 2.75) is 32.5 Å². The first-order valence-corrected chi connectivity index (χ1v) is 7.84. The van der Waals surface area contributed by atoms with Crippen molar-refractivity contribution in [1.82, 2.24) is 5.06 Å². The Bertz CT molecular complexity index is 743. The van der Waals surface area contributed by atoms with E-state index < -0.39 is 29.3 Å². The first-order valence-electron chi connectivity index (χ1n) is 7.84. The number of aryl methyl sites for hydroxylation is 1. The van der Waals surface area contributed by atoms with Crippen LogP contribution in [0, 0.1) is 6.92 Å². The number of rotatable bonds is 5. The zero-order valence-electron chi connectivity index (χ0n) is 14.3. The van der Waals surface area contributed by atoms with E-state index >= 15 is 0 Å². The summed E-state index contributed by atoms with van der Waals surface area (Å²) in [6.07, 6.45) is -4.13. The second-order valence-corrected chi connectivity index (χ2v) is 5.84. The Morgan fingerprint density at radius 2 is 1.72 bits per heavy atom. The molecule has 134 valence electrons. The number of hydroxylamine groups is 2. The van der Waals surface area contributed by atoms with Crippen molar-refractivity contribution in [2.75, 3.05) is 7.11 Å². The Labute approximate surface area is 145 Å². The maximum absolute atomic E-state index is 13.2. The van der Waals surface area contributed by atoms with Crippen molar-refractivity contribution >= 4 is 5.91 Å². The molecule has 0 aliphatic heterocycles. The molecule has 3 nitrogen and oxygen atoms in total. The fraction of sp³-hybridized carbons (Fsp3) is 0.316. The predicted octanol–water partition coefficient (Wildman–Crippen LogP) is 4.65. The fourth-order valence-electron chi connectivity index (χ4n) is 2.74. The molecule has 0 heterocycles. The molecular formula is C19H20F3NO2. The molecule has 0 aromatic heterocycles. The lowest BCUT2D eigenvalue weighted by molar-refractivity contribution is -0.140. The molecule has 0 saturated carbocycles. The van der Waals surface area contributed by atoms with Gasteiger partial charge in [0.15, 0.2) is 0 Å². The monoisotopic (exact) mass is 351 g/mol. The number of hydrogen-bond donors (Lipinski definition) is 0. The molecular weight excluding hydrogens is 331 g/mol. The molecule has 1 amide bonds. The first kappa shape index (κ1) is 19.0. The van der Waals surface area contributed by atoms with Crippen molar-refractivity contribution in [3.05, 3.63) is 70.8 Å². The molecule has 0 aliphatic rings.